The Labute approximate surface area is 99.2 Å². The van der Waals surface area contributed by atoms with Gasteiger partial charge in [0.15, 0.2) is 0 Å². The van der Waals surface area contributed by atoms with E-state index in [-0.39, 0.29) is 17.2 Å². The van der Waals surface area contributed by atoms with Crippen molar-refractivity contribution in [2.75, 3.05) is 0 Å². The van der Waals surface area contributed by atoms with Crippen molar-refractivity contribution < 1.29 is 0 Å². The Morgan fingerprint density at radius 3 is 2.24 bits per heavy atom. The Balaban J connectivity index is 3.00. The molecule has 92 valence electrons. The van der Waals surface area contributed by atoms with Crippen LogP contribution in [0.3, 0.4) is 0 Å². The molecule has 1 aromatic rings. The van der Waals surface area contributed by atoms with E-state index in [4.69, 9.17) is 5.41 Å². The molecule has 17 heavy (non-hydrogen) atoms. The summed E-state index contributed by atoms with van der Waals surface area (Å²) in [5.41, 5.74) is 0.409. The van der Waals surface area contributed by atoms with Crippen LogP contribution in [0.1, 0.15) is 37.9 Å². The molecule has 0 fully saturated rings. The van der Waals surface area contributed by atoms with Gasteiger partial charge in [0.1, 0.15) is 0 Å². The average molecular weight is 235 g/mol. The zero-order chi connectivity index (χ0) is 13.1. The molecule has 1 aliphatic rings. The van der Waals surface area contributed by atoms with Crippen LogP contribution in [0.5, 0.6) is 0 Å². The van der Waals surface area contributed by atoms with Crippen LogP contribution in [-0.2, 0) is 14.1 Å². The fourth-order valence-corrected chi connectivity index (χ4v) is 2.45. The molecule has 0 saturated carbocycles. The zero-order valence-electron chi connectivity index (χ0n) is 10.8. The molecule has 0 spiro atoms. The van der Waals surface area contributed by atoms with Crippen LogP contribution in [-0.4, -0.2) is 14.8 Å². The summed E-state index contributed by atoms with van der Waals surface area (Å²) in [4.78, 5) is 24.0. The van der Waals surface area contributed by atoms with E-state index in [9.17, 15) is 9.59 Å². The molecular formula is C12H17N3O2. The predicted molar refractivity (Wildman–Crippen MR) is 65.9 cm³/mol. The number of nitrogens with one attached hydrogen (secondary N) is 1. The monoisotopic (exact) mass is 235 g/mol. The second-order valence-electron chi connectivity index (χ2n) is 5.29. The Morgan fingerprint density at radius 2 is 1.71 bits per heavy atom. The summed E-state index contributed by atoms with van der Waals surface area (Å²) in [6.07, 6.45) is 0. The highest BCUT2D eigenvalue weighted by Crippen LogP contribution is 2.43. The summed E-state index contributed by atoms with van der Waals surface area (Å²) in [6, 6.07) is 0. The Bertz CT molecular complexity index is 634. The molecule has 2 rings (SSSR count). The van der Waals surface area contributed by atoms with Gasteiger partial charge in [0.2, 0.25) is 0 Å². The van der Waals surface area contributed by atoms with Crippen molar-refractivity contribution in [2.24, 2.45) is 19.5 Å². The molecule has 0 bridgehead atoms. The lowest BCUT2D eigenvalue weighted by Gasteiger charge is -2.23. The summed E-state index contributed by atoms with van der Waals surface area (Å²) in [7, 11) is 3.09. The first kappa shape index (κ1) is 11.8. The summed E-state index contributed by atoms with van der Waals surface area (Å²) in [5, 5.41) is 8.16. The first-order chi connectivity index (χ1) is 7.71. The van der Waals surface area contributed by atoms with Crippen LogP contribution < -0.4 is 11.2 Å². The lowest BCUT2D eigenvalue weighted by atomic mass is 9.80. The van der Waals surface area contributed by atoms with Gasteiger partial charge in [0.25, 0.3) is 5.56 Å². The van der Waals surface area contributed by atoms with Gasteiger partial charge < -0.3 is 5.41 Å². The van der Waals surface area contributed by atoms with Crippen molar-refractivity contribution in [3.8, 4) is 0 Å². The predicted octanol–water partition coefficient (Wildman–Crippen LogP) is 0.595. The normalized spacial score (nSPS) is 21.7. The van der Waals surface area contributed by atoms with Gasteiger partial charge in [-0.3, -0.25) is 13.9 Å². The van der Waals surface area contributed by atoms with Gasteiger partial charge in [0, 0.05) is 25.1 Å². The maximum Gasteiger partial charge on any atom is 0.330 e. The lowest BCUT2D eigenvalue weighted by molar-refractivity contribution is 0.444. The van der Waals surface area contributed by atoms with Crippen LogP contribution in [0.15, 0.2) is 9.59 Å². The number of rotatable bonds is 0. The quantitative estimate of drug-likeness (QED) is 0.715. The molecule has 1 aromatic heterocycles. The lowest BCUT2D eigenvalue weighted by Crippen LogP contribution is -2.40. The SMILES string of the molecule is C[C@@H]1c2c(n(C)c(=O)n(C)c2=O)C(=N)C1(C)C. The third-order valence-corrected chi connectivity index (χ3v) is 4.10. The van der Waals surface area contributed by atoms with Gasteiger partial charge in [-0.25, -0.2) is 4.79 Å². The van der Waals surface area contributed by atoms with E-state index < -0.39 is 5.41 Å². The van der Waals surface area contributed by atoms with Gasteiger partial charge in [0.05, 0.1) is 11.4 Å². The topological polar surface area (TPSA) is 67.8 Å². The van der Waals surface area contributed by atoms with Crippen LogP contribution >= 0.6 is 0 Å². The van der Waals surface area contributed by atoms with E-state index in [1.54, 1.807) is 7.05 Å². The minimum Gasteiger partial charge on any atom is -0.303 e. The third kappa shape index (κ3) is 1.22. The number of nitrogens with zero attached hydrogens (tertiary/aromatic N) is 2. The smallest absolute Gasteiger partial charge is 0.303 e. The van der Waals surface area contributed by atoms with Gasteiger partial charge in [-0.1, -0.05) is 20.8 Å². The van der Waals surface area contributed by atoms with Crippen LogP contribution in [0.4, 0.5) is 0 Å². The van der Waals surface area contributed by atoms with Crippen molar-refractivity contribution in [1.82, 2.24) is 9.13 Å². The van der Waals surface area contributed by atoms with Gasteiger partial charge >= 0.3 is 5.69 Å². The van der Waals surface area contributed by atoms with Crippen molar-refractivity contribution >= 4 is 5.71 Å². The number of hydrogen-bond donors (Lipinski definition) is 1. The van der Waals surface area contributed by atoms with Crippen LogP contribution in [0.2, 0.25) is 0 Å². The van der Waals surface area contributed by atoms with Crippen molar-refractivity contribution in [2.45, 2.75) is 26.7 Å². The molecule has 0 aromatic carbocycles. The summed E-state index contributed by atoms with van der Waals surface area (Å²) in [5.74, 6) is -0.0458. The Hall–Kier alpha value is -1.65. The largest absolute Gasteiger partial charge is 0.330 e. The highest BCUT2D eigenvalue weighted by Gasteiger charge is 2.44. The minimum absolute atomic E-state index is 0.0458. The highest BCUT2D eigenvalue weighted by molar-refractivity contribution is 6.05. The van der Waals surface area contributed by atoms with E-state index in [0.717, 1.165) is 4.57 Å². The fourth-order valence-electron chi connectivity index (χ4n) is 2.45. The number of fused-ring (bicyclic) bond motifs is 1. The molecule has 0 aliphatic heterocycles. The second kappa shape index (κ2) is 3.18. The van der Waals surface area contributed by atoms with E-state index in [1.807, 2.05) is 20.8 Å². The molecule has 0 saturated heterocycles. The van der Waals surface area contributed by atoms with Crippen molar-refractivity contribution in [3.63, 3.8) is 0 Å². The average Bonchev–Trinajstić information content (AvgIpc) is 2.45. The van der Waals surface area contributed by atoms with Gasteiger partial charge in [-0.05, 0) is 5.92 Å². The molecule has 0 radical (unpaired) electrons. The van der Waals surface area contributed by atoms with E-state index >= 15 is 0 Å². The zero-order valence-corrected chi connectivity index (χ0v) is 10.8. The molecule has 1 heterocycles. The van der Waals surface area contributed by atoms with E-state index in [1.165, 1.54) is 11.6 Å². The maximum absolute atomic E-state index is 12.1. The maximum atomic E-state index is 12.1. The molecular weight excluding hydrogens is 218 g/mol. The Kier molecular flexibility index (Phi) is 2.21. The molecule has 1 aliphatic carbocycles. The highest BCUT2D eigenvalue weighted by atomic mass is 16.2. The van der Waals surface area contributed by atoms with Crippen molar-refractivity contribution in [3.05, 3.63) is 32.1 Å². The van der Waals surface area contributed by atoms with E-state index in [2.05, 4.69) is 0 Å². The van der Waals surface area contributed by atoms with E-state index in [0.29, 0.717) is 17.0 Å². The standard InChI is InChI=1S/C12H17N3O2/c1-6-7-8(9(13)12(6,2)3)14(4)11(17)15(5)10(7)16/h6,13H,1-5H3/t6-/m1/s1. The molecule has 1 N–H and O–H groups in total. The van der Waals surface area contributed by atoms with Gasteiger partial charge in [-0.2, -0.15) is 0 Å². The molecule has 5 nitrogen and oxygen atoms in total. The van der Waals surface area contributed by atoms with Crippen LogP contribution in [0.25, 0.3) is 0 Å². The number of aromatic nitrogens is 2. The van der Waals surface area contributed by atoms with Crippen molar-refractivity contribution in [1.29, 1.82) is 5.41 Å². The number of hydrogen-bond acceptors (Lipinski definition) is 3. The summed E-state index contributed by atoms with van der Waals surface area (Å²) < 4.78 is 2.52. The third-order valence-electron chi connectivity index (χ3n) is 4.10. The fraction of sp³-hybridized carbons (Fsp3) is 0.583. The minimum atomic E-state index is -0.403. The molecule has 1 atom stereocenters. The second-order valence-corrected chi connectivity index (χ2v) is 5.29. The molecule has 5 heteroatoms. The molecule has 0 unspecified atom stereocenters. The summed E-state index contributed by atoms with van der Waals surface area (Å²) >= 11 is 0. The first-order valence-corrected chi connectivity index (χ1v) is 5.60. The van der Waals surface area contributed by atoms with Crippen LogP contribution in [0, 0.1) is 10.8 Å². The first-order valence-electron chi connectivity index (χ1n) is 5.60. The van der Waals surface area contributed by atoms with Gasteiger partial charge in [-0.15, -0.1) is 0 Å². The Morgan fingerprint density at radius 1 is 1.18 bits per heavy atom. The summed E-state index contributed by atoms with van der Waals surface area (Å²) in [6.45, 7) is 5.81. The molecule has 0 amide bonds.